The van der Waals surface area contributed by atoms with Crippen LogP contribution < -0.4 is 9.47 Å². The van der Waals surface area contributed by atoms with Gasteiger partial charge in [-0.1, -0.05) is 11.8 Å². The van der Waals surface area contributed by atoms with Gasteiger partial charge in [0.1, 0.15) is 11.5 Å². The van der Waals surface area contributed by atoms with E-state index >= 15 is 0 Å². The Hall–Kier alpha value is -2.14. The summed E-state index contributed by atoms with van der Waals surface area (Å²) in [5.41, 5.74) is 2.29. The van der Waals surface area contributed by atoms with E-state index in [1.165, 1.54) is 22.5 Å². The Bertz CT molecular complexity index is 824. The summed E-state index contributed by atoms with van der Waals surface area (Å²) < 4.78 is 13.1. The van der Waals surface area contributed by atoms with Crippen molar-refractivity contribution in [1.82, 2.24) is 4.57 Å². The van der Waals surface area contributed by atoms with Crippen LogP contribution in [0.15, 0.2) is 36.4 Å². The summed E-state index contributed by atoms with van der Waals surface area (Å²) in [5, 5.41) is 2.57. The Morgan fingerprint density at radius 3 is 2.00 bits per heavy atom. The number of carbonyl (C=O) groups excluding carboxylic acids is 1. The molecular weight excluding hydrogens is 322 g/mol. The number of rotatable bonds is 6. The van der Waals surface area contributed by atoms with Gasteiger partial charge in [0.15, 0.2) is 5.12 Å². The van der Waals surface area contributed by atoms with Gasteiger partial charge >= 0.3 is 0 Å². The van der Waals surface area contributed by atoms with Crippen LogP contribution in [0.3, 0.4) is 0 Å². The third-order valence-electron chi connectivity index (χ3n) is 4.11. The molecule has 24 heavy (non-hydrogen) atoms. The van der Waals surface area contributed by atoms with Gasteiger partial charge < -0.3 is 14.0 Å². The van der Waals surface area contributed by atoms with Gasteiger partial charge in [-0.05, 0) is 30.7 Å². The number of nitrogens with zero attached hydrogens (tertiary/aromatic N) is 1. The van der Waals surface area contributed by atoms with E-state index in [0.29, 0.717) is 0 Å². The lowest BCUT2D eigenvalue weighted by molar-refractivity contribution is -0.109. The lowest BCUT2D eigenvalue weighted by atomic mass is 10.1. The average molecular weight is 343 g/mol. The zero-order chi connectivity index (χ0) is 17.1. The minimum atomic E-state index is 0.167. The first-order chi connectivity index (χ1) is 11.6. The van der Waals surface area contributed by atoms with Gasteiger partial charge in [0.05, 0.1) is 25.3 Å². The smallest absolute Gasteiger partial charge is 0.185 e. The van der Waals surface area contributed by atoms with Crippen molar-refractivity contribution in [2.45, 2.75) is 19.9 Å². The van der Waals surface area contributed by atoms with Crippen molar-refractivity contribution >= 4 is 38.7 Å². The molecule has 0 bridgehead atoms. The van der Waals surface area contributed by atoms with Crippen LogP contribution in [0.2, 0.25) is 0 Å². The molecule has 0 atom stereocenters. The highest BCUT2D eigenvalue weighted by molar-refractivity contribution is 8.13. The Labute approximate surface area is 145 Å². The highest BCUT2D eigenvalue weighted by atomic mass is 32.2. The average Bonchev–Trinajstić information content (AvgIpc) is 2.90. The molecule has 0 aliphatic rings. The van der Waals surface area contributed by atoms with E-state index in [4.69, 9.17) is 9.47 Å². The number of hydrogen-bond donors (Lipinski definition) is 0. The van der Waals surface area contributed by atoms with Crippen molar-refractivity contribution in [3.63, 3.8) is 0 Å². The summed E-state index contributed by atoms with van der Waals surface area (Å²) >= 11 is 1.38. The van der Waals surface area contributed by atoms with Crippen molar-refractivity contribution in [2.75, 3.05) is 20.0 Å². The molecule has 0 saturated heterocycles. The summed E-state index contributed by atoms with van der Waals surface area (Å²) in [4.78, 5) is 11.1. The van der Waals surface area contributed by atoms with Crippen LogP contribution in [0.1, 0.15) is 13.3 Å². The number of benzene rings is 2. The second-order valence-electron chi connectivity index (χ2n) is 5.61. The van der Waals surface area contributed by atoms with Crippen LogP contribution in [-0.2, 0) is 11.3 Å². The molecule has 0 unspecified atom stereocenters. The maximum Gasteiger partial charge on any atom is 0.185 e. The molecular formula is C19H21NO3S. The van der Waals surface area contributed by atoms with Crippen molar-refractivity contribution in [3.8, 4) is 11.5 Å². The number of thioether (sulfide) groups is 1. The maximum absolute atomic E-state index is 11.1. The predicted octanol–water partition coefficient (Wildman–Crippen LogP) is 4.48. The number of carbonyl (C=O) groups is 1. The summed E-state index contributed by atoms with van der Waals surface area (Å²) in [6.07, 6.45) is 0.928. The van der Waals surface area contributed by atoms with Crippen LogP contribution in [0.5, 0.6) is 11.5 Å². The fourth-order valence-electron chi connectivity index (χ4n) is 2.99. The second-order valence-corrected chi connectivity index (χ2v) is 6.88. The SMILES string of the molecule is COc1ccc2c3ccc(OC)cc3n(CCCSC(C)=O)c2c1. The molecule has 1 aromatic heterocycles. The minimum Gasteiger partial charge on any atom is -0.497 e. The molecule has 0 radical (unpaired) electrons. The van der Waals surface area contributed by atoms with E-state index in [1.54, 1.807) is 21.1 Å². The molecule has 3 aromatic rings. The molecule has 0 amide bonds. The van der Waals surface area contributed by atoms with Gasteiger partial charge in [-0.3, -0.25) is 4.79 Å². The first kappa shape index (κ1) is 16.7. The lowest BCUT2D eigenvalue weighted by Gasteiger charge is -2.08. The zero-order valence-electron chi connectivity index (χ0n) is 14.2. The molecule has 1 heterocycles. The molecule has 4 nitrogen and oxygen atoms in total. The third kappa shape index (κ3) is 3.22. The molecule has 126 valence electrons. The molecule has 3 rings (SSSR count). The Morgan fingerprint density at radius 1 is 1.00 bits per heavy atom. The van der Waals surface area contributed by atoms with E-state index in [2.05, 4.69) is 28.8 Å². The maximum atomic E-state index is 11.1. The predicted molar refractivity (Wildman–Crippen MR) is 100 cm³/mol. The van der Waals surface area contributed by atoms with Crippen molar-refractivity contribution in [1.29, 1.82) is 0 Å². The molecule has 0 aliphatic carbocycles. The van der Waals surface area contributed by atoms with Crippen molar-refractivity contribution in [2.24, 2.45) is 0 Å². The molecule has 0 saturated carbocycles. The molecule has 0 N–H and O–H groups in total. The summed E-state index contributed by atoms with van der Waals surface area (Å²) in [6, 6.07) is 12.3. The Morgan fingerprint density at radius 2 is 1.54 bits per heavy atom. The van der Waals surface area contributed by atoms with E-state index in [-0.39, 0.29) is 5.12 Å². The summed E-state index contributed by atoms with van der Waals surface area (Å²) in [7, 11) is 3.36. The highest BCUT2D eigenvalue weighted by Gasteiger charge is 2.12. The number of ether oxygens (including phenoxy) is 2. The quantitative estimate of drug-likeness (QED) is 0.619. The van der Waals surface area contributed by atoms with Crippen molar-refractivity contribution < 1.29 is 14.3 Å². The Kier molecular flexibility index (Phi) is 5.00. The first-order valence-electron chi connectivity index (χ1n) is 7.91. The van der Waals surface area contributed by atoms with Crippen LogP contribution in [0.4, 0.5) is 0 Å². The van der Waals surface area contributed by atoms with Gasteiger partial charge in [-0.15, -0.1) is 0 Å². The highest BCUT2D eigenvalue weighted by Crippen LogP contribution is 2.33. The standard InChI is InChI=1S/C19H21NO3S/c1-13(21)24-10-4-9-20-18-11-14(22-2)5-7-16(18)17-8-6-15(23-3)12-19(17)20/h5-8,11-12H,4,9-10H2,1-3H3. The molecule has 0 aliphatic heterocycles. The minimum absolute atomic E-state index is 0.167. The van der Waals surface area contributed by atoms with Crippen LogP contribution in [0.25, 0.3) is 21.8 Å². The van der Waals surface area contributed by atoms with Crippen LogP contribution in [-0.4, -0.2) is 29.7 Å². The number of aromatic nitrogens is 1. The summed E-state index contributed by atoms with van der Waals surface area (Å²) in [6.45, 7) is 2.46. The van der Waals surface area contributed by atoms with E-state index in [1.807, 2.05) is 12.1 Å². The molecule has 5 heteroatoms. The lowest BCUT2D eigenvalue weighted by Crippen LogP contribution is -2.00. The van der Waals surface area contributed by atoms with Gasteiger partial charge in [-0.25, -0.2) is 0 Å². The van der Waals surface area contributed by atoms with Gasteiger partial charge in [0.25, 0.3) is 0 Å². The van der Waals surface area contributed by atoms with E-state index < -0.39 is 0 Å². The van der Waals surface area contributed by atoms with Crippen molar-refractivity contribution in [3.05, 3.63) is 36.4 Å². The number of hydrogen-bond acceptors (Lipinski definition) is 4. The van der Waals surface area contributed by atoms with Gasteiger partial charge in [0.2, 0.25) is 0 Å². The number of aryl methyl sites for hydroxylation is 1. The normalized spacial score (nSPS) is 11.1. The molecule has 2 aromatic carbocycles. The second kappa shape index (κ2) is 7.18. The van der Waals surface area contributed by atoms with Gasteiger partial charge in [-0.2, -0.15) is 0 Å². The van der Waals surface area contributed by atoms with E-state index in [9.17, 15) is 4.79 Å². The summed E-state index contributed by atoms with van der Waals surface area (Å²) in [5.74, 6) is 2.51. The van der Waals surface area contributed by atoms with Crippen LogP contribution in [0, 0.1) is 0 Å². The monoisotopic (exact) mass is 343 g/mol. The third-order valence-corrected chi connectivity index (χ3v) is 5.01. The zero-order valence-corrected chi connectivity index (χ0v) is 15.0. The number of methoxy groups -OCH3 is 2. The van der Waals surface area contributed by atoms with E-state index in [0.717, 1.165) is 41.3 Å². The first-order valence-corrected chi connectivity index (χ1v) is 8.90. The van der Waals surface area contributed by atoms with Crippen LogP contribution >= 0.6 is 11.8 Å². The number of fused-ring (bicyclic) bond motifs is 3. The molecule has 0 fully saturated rings. The molecule has 0 spiro atoms. The Balaban J connectivity index is 2.07. The van der Waals surface area contributed by atoms with Gasteiger partial charge in [0, 0.05) is 42.1 Å². The fraction of sp³-hybridized carbons (Fsp3) is 0.316. The fourth-order valence-corrected chi connectivity index (χ4v) is 3.55. The largest absolute Gasteiger partial charge is 0.497 e. The topological polar surface area (TPSA) is 40.5 Å².